The zero-order valence-electron chi connectivity index (χ0n) is 15.2. The smallest absolute Gasteiger partial charge is 0.310 e. The second-order valence-electron chi connectivity index (χ2n) is 6.24. The molecule has 0 spiro atoms. The van der Waals surface area contributed by atoms with Crippen LogP contribution in [0.4, 0.5) is 11.6 Å². The van der Waals surface area contributed by atoms with Gasteiger partial charge < -0.3 is 14.5 Å². The first-order chi connectivity index (χ1) is 12.6. The molecule has 138 valence electrons. The van der Waals surface area contributed by atoms with E-state index in [0.29, 0.717) is 23.8 Å². The van der Waals surface area contributed by atoms with E-state index in [1.807, 2.05) is 18.2 Å². The molecule has 1 N–H and O–H groups in total. The summed E-state index contributed by atoms with van der Waals surface area (Å²) in [7, 11) is 0. The van der Waals surface area contributed by atoms with Gasteiger partial charge in [0, 0.05) is 37.4 Å². The Bertz CT molecular complexity index is 811. The molecule has 0 amide bonds. The lowest BCUT2D eigenvalue weighted by atomic mass is 10.2. The molecule has 1 aromatic heterocycles. The van der Waals surface area contributed by atoms with Gasteiger partial charge in [-0.2, -0.15) is 0 Å². The molecule has 1 fully saturated rings. The minimum Gasteiger partial charge on any atom is -0.466 e. The van der Waals surface area contributed by atoms with Crippen molar-refractivity contribution in [2.45, 2.75) is 20.3 Å². The predicted octanol–water partition coefficient (Wildman–Crippen LogP) is 1.51. The van der Waals surface area contributed by atoms with Crippen molar-refractivity contribution < 1.29 is 9.53 Å². The summed E-state index contributed by atoms with van der Waals surface area (Å²) in [6.45, 7) is 7.06. The monoisotopic (exact) mass is 356 g/mol. The molecule has 7 heteroatoms. The highest BCUT2D eigenvalue weighted by atomic mass is 16.5. The highest BCUT2D eigenvalue weighted by molar-refractivity contribution is 5.72. The van der Waals surface area contributed by atoms with Crippen LogP contribution >= 0.6 is 0 Å². The number of carbonyl (C=O) groups is 1. The second-order valence-corrected chi connectivity index (χ2v) is 6.24. The SMILES string of the molecule is CCOC(=O)Cc1c(C)nc(N2CCN(c3ccccc3)CC2)[nH]c1=O. The molecular weight excluding hydrogens is 332 g/mol. The van der Waals surface area contributed by atoms with E-state index >= 15 is 0 Å². The number of aromatic nitrogens is 2. The normalized spacial score (nSPS) is 14.4. The van der Waals surface area contributed by atoms with Crippen molar-refractivity contribution in [2.75, 3.05) is 42.6 Å². The third kappa shape index (κ3) is 4.04. The summed E-state index contributed by atoms with van der Waals surface area (Å²) in [5, 5.41) is 0. The third-order valence-corrected chi connectivity index (χ3v) is 4.54. The van der Waals surface area contributed by atoms with Crippen LogP contribution in [-0.4, -0.2) is 48.7 Å². The Balaban J connectivity index is 1.69. The third-order valence-electron chi connectivity index (χ3n) is 4.54. The van der Waals surface area contributed by atoms with Crippen molar-refractivity contribution in [3.63, 3.8) is 0 Å². The first kappa shape index (κ1) is 18.0. The van der Waals surface area contributed by atoms with Gasteiger partial charge >= 0.3 is 5.97 Å². The Morgan fingerprint density at radius 2 is 1.81 bits per heavy atom. The summed E-state index contributed by atoms with van der Waals surface area (Å²) in [5.74, 6) is 0.153. The summed E-state index contributed by atoms with van der Waals surface area (Å²) in [5.41, 5.74) is 1.87. The Kier molecular flexibility index (Phi) is 5.55. The minimum atomic E-state index is -0.410. The summed E-state index contributed by atoms with van der Waals surface area (Å²) in [6.07, 6.45) is -0.0515. The molecule has 0 unspecified atom stereocenters. The van der Waals surface area contributed by atoms with Crippen molar-refractivity contribution in [3.05, 3.63) is 51.9 Å². The molecule has 0 saturated carbocycles. The molecule has 2 heterocycles. The van der Waals surface area contributed by atoms with Crippen LogP contribution < -0.4 is 15.4 Å². The Morgan fingerprint density at radius 1 is 1.15 bits per heavy atom. The Morgan fingerprint density at radius 3 is 2.42 bits per heavy atom. The molecule has 2 aromatic rings. The average molecular weight is 356 g/mol. The highest BCUT2D eigenvalue weighted by Gasteiger charge is 2.21. The Labute approximate surface area is 152 Å². The number of nitrogens with one attached hydrogen (secondary N) is 1. The molecule has 1 aliphatic rings. The highest BCUT2D eigenvalue weighted by Crippen LogP contribution is 2.18. The average Bonchev–Trinajstić information content (AvgIpc) is 2.65. The van der Waals surface area contributed by atoms with Gasteiger partial charge in [-0.15, -0.1) is 0 Å². The van der Waals surface area contributed by atoms with Crippen molar-refractivity contribution in [3.8, 4) is 0 Å². The van der Waals surface area contributed by atoms with E-state index in [0.717, 1.165) is 26.2 Å². The van der Waals surface area contributed by atoms with E-state index in [-0.39, 0.29) is 12.0 Å². The number of aromatic amines is 1. The van der Waals surface area contributed by atoms with Crippen molar-refractivity contribution >= 4 is 17.6 Å². The quantitative estimate of drug-likeness (QED) is 0.818. The zero-order valence-corrected chi connectivity index (χ0v) is 15.2. The fraction of sp³-hybridized carbons (Fsp3) is 0.421. The number of benzene rings is 1. The van der Waals surface area contributed by atoms with E-state index in [1.54, 1.807) is 13.8 Å². The number of H-pyrrole nitrogens is 1. The molecule has 0 aliphatic carbocycles. The van der Waals surface area contributed by atoms with Gasteiger partial charge in [0.25, 0.3) is 5.56 Å². The number of rotatable bonds is 5. The van der Waals surface area contributed by atoms with Crippen molar-refractivity contribution in [1.82, 2.24) is 9.97 Å². The number of hydrogen-bond donors (Lipinski definition) is 1. The van der Waals surface area contributed by atoms with Crippen LogP contribution in [0.2, 0.25) is 0 Å². The first-order valence-corrected chi connectivity index (χ1v) is 8.89. The van der Waals surface area contributed by atoms with E-state index in [4.69, 9.17) is 4.74 Å². The maximum Gasteiger partial charge on any atom is 0.310 e. The summed E-state index contributed by atoms with van der Waals surface area (Å²) < 4.78 is 4.92. The topological polar surface area (TPSA) is 78.5 Å². The number of para-hydroxylation sites is 1. The van der Waals surface area contributed by atoms with Crippen LogP contribution in [0.15, 0.2) is 35.1 Å². The van der Waals surface area contributed by atoms with Crippen LogP contribution in [0, 0.1) is 6.92 Å². The van der Waals surface area contributed by atoms with Gasteiger partial charge in [0.05, 0.1) is 18.7 Å². The number of carbonyl (C=O) groups excluding carboxylic acids is 1. The van der Waals surface area contributed by atoms with Crippen LogP contribution in [0.5, 0.6) is 0 Å². The van der Waals surface area contributed by atoms with E-state index in [9.17, 15) is 9.59 Å². The maximum absolute atomic E-state index is 12.4. The maximum atomic E-state index is 12.4. The number of aryl methyl sites for hydroxylation is 1. The molecule has 1 aromatic carbocycles. The molecule has 1 aliphatic heterocycles. The van der Waals surface area contributed by atoms with Gasteiger partial charge in [0.2, 0.25) is 5.95 Å². The Hall–Kier alpha value is -2.83. The van der Waals surface area contributed by atoms with Gasteiger partial charge in [-0.3, -0.25) is 14.6 Å². The summed E-state index contributed by atoms with van der Waals surface area (Å²) in [4.78, 5) is 35.8. The van der Waals surface area contributed by atoms with Gasteiger partial charge in [-0.25, -0.2) is 4.98 Å². The van der Waals surface area contributed by atoms with Crippen LogP contribution in [0.3, 0.4) is 0 Å². The summed E-state index contributed by atoms with van der Waals surface area (Å²) in [6, 6.07) is 10.3. The largest absolute Gasteiger partial charge is 0.466 e. The van der Waals surface area contributed by atoms with E-state index in [1.165, 1.54) is 5.69 Å². The minimum absolute atomic E-state index is 0.0515. The second kappa shape index (κ2) is 8.03. The number of hydrogen-bond acceptors (Lipinski definition) is 6. The number of nitrogens with zero attached hydrogens (tertiary/aromatic N) is 3. The van der Waals surface area contributed by atoms with Gasteiger partial charge in [-0.05, 0) is 26.0 Å². The number of ether oxygens (including phenoxy) is 1. The van der Waals surface area contributed by atoms with Gasteiger partial charge in [0.15, 0.2) is 0 Å². The first-order valence-electron chi connectivity index (χ1n) is 8.89. The van der Waals surface area contributed by atoms with Crippen LogP contribution in [-0.2, 0) is 16.0 Å². The molecule has 1 saturated heterocycles. The zero-order chi connectivity index (χ0) is 18.5. The van der Waals surface area contributed by atoms with Crippen LogP contribution in [0.1, 0.15) is 18.2 Å². The van der Waals surface area contributed by atoms with E-state index in [2.05, 4.69) is 31.9 Å². The molecule has 7 nitrogen and oxygen atoms in total. The summed E-state index contributed by atoms with van der Waals surface area (Å²) >= 11 is 0. The molecule has 26 heavy (non-hydrogen) atoms. The van der Waals surface area contributed by atoms with Crippen LogP contribution in [0.25, 0.3) is 0 Å². The molecule has 0 atom stereocenters. The fourth-order valence-electron chi connectivity index (χ4n) is 3.13. The predicted molar refractivity (Wildman–Crippen MR) is 101 cm³/mol. The standard InChI is InChI=1S/C19H24N4O3/c1-3-26-17(24)13-16-14(2)20-19(21-18(16)25)23-11-9-22(10-12-23)15-7-5-4-6-8-15/h4-8H,3,9-13H2,1-2H3,(H,20,21,25). The van der Waals surface area contributed by atoms with Crippen molar-refractivity contribution in [1.29, 1.82) is 0 Å². The molecular formula is C19H24N4O3. The van der Waals surface area contributed by atoms with Gasteiger partial charge in [0.1, 0.15) is 0 Å². The molecule has 3 rings (SSSR count). The lowest BCUT2D eigenvalue weighted by Gasteiger charge is -2.36. The van der Waals surface area contributed by atoms with E-state index < -0.39 is 5.97 Å². The molecule has 0 radical (unpaired) electrons. The molecule has 0 bridgehead atoms. The number of piperazine rings is 1. The van der Waals surface area contributed by atoms with Crippen molar-refractivity contribution in [2.24, 2.45) is 0 Å². The number of anilines is 2. The lowest BCUT2D eigenvalue weighted by Crippen LogP contribution is -2.47. The fourth-order valence-corrected chi connectivity index (χ4v) is 3.13. The number of esters is 1. The lowest BCUT2D eigenvalue weighted by molar-refractivity contribution is -0.142. The van der Waals surface area contributed by atoms with Gasteiger partial charge in [-0.1, -0.05) is 18.2 Å².